The van der Waals surface area contributed by atoms with E-state index in [0.29, 0.717) is 4.75 Å². The molecule has 0 radical (unpaired) electrons. The Bertz CT molecular complexity index is 371. The lowest BCUT2D eigenvalue weighted by atomic mass is 10.1. The number of benzene rings is 1. The van der Waals surface area contributed by atoms with Crippen LogP contribution in [0.2, 0.25) is 0 Å². The molecule has 0 nitrogen and oxygen atoms in total. The molecule has 1 rings (SSSR count). The van der Waals surface area contributed by atoms with E-state index in [0.717, 1.165) is 0 Å². The van der Waals surface area contributed by atoms with Crippen molar-refractivity contribution in [3.63, 3.8) is 0 Å². The molecular weight excluding hydrogens is 264 g/mol. The summed E-state index contributed by atoms with van der Waals surface area (Å²) in [7, 11) is 3.78. The van der Waals surface area contributed by atoms with Gasteiger partial charge in [0.05, 0.1) is 4.24 Å². The number of hydrogen-bond donors (Lipinski definition) is 0. The zero-order valence-electron chi connectivity index (χ0n) is 11.1. The highest BCUT2D eigenvalue weighted by molar-refractivity contribution is 8.80. The Kier molecular flexibility index (Phi) is 6.04. The second kappa shape index (κ2) is 6.81. The van der Waals surface area contributed by atoms with Gasteiger partial charge in [-0.3, -0.25) is 0 Å². The van der Waals surface area contributed by atoms with E-state index in [1.165, 1.54) is 15.4 Å². The second-order valence-electron chi connectivity index (χ2n) is 4.86. The second-order valence-corrected chi connectivity index (χ2v) is 8.96. The van der Waals surface area contributed by atoms with Gasteiger partial charge < -0.3 is 0 Å². The van der Waals surface area contributed by atoms with Gasteiger partial charge in [0, 0.05) is 4.75 Å². The normalized spacial score (nSPS) is 12.9. The predicted molar refractivity (Wildman–Crippen MR) is 87.6 cm³/mol. The first kappa shape index (κ1) is 15.1. The molecule has 0 atom stereocenters. The molecule has 0 saturated heterocycles. The van der Waals surface area contributed by atoms with Crippen molar-refractivity contribution in [3.05, 3.63) is 39.6 Å². The molecule has 0 unspecified atom stereocenters. The van der Waals surface area contributed by atoms with E-state index in [4.69, 9.17) is 0 Å². The molecule has 0 saturated carbocycles. The van der Waals surface area contributed by atoms with Crippen molar-refractivity contribution < 1.29 is 0 Å². The fourth-order valence-corrected chi connectivity index (χ4v) is 4.18. The van der Waals surface area contributed by atoms with E-state index >= 15 is 0 Å². The van der Waals surface area contributed by atoms with E-state index in [2.05, 4.69) is 64.3 Å². The molecule has 0 bridgehead atoms. The summed E-state index contributed by atoms with van der Waals surface area (Å²) >= 11 is 1.81. The molecule has 0 fully saturated rings. The third kappa shape index (κ3) is 6.49. The summed E-state index contributed by atoms with van der Waals surface area (Å²) in [6.07, 6.45) is 4.39. The largest absolute Gasteiger partial charge is 0.122 e. The Morgan fingerprint density at radius 3 is 2.18 bits per heavy atom. The van der Waals surface area contributed by atoms with E-state index in [-0.39, 0.29) is 0 Å². The van der Waals surface area contributed by atoms with Crippen LogP contribution in [0.1, 0.15) is 31.9 Å². The minimum absolute atomic E-state index is 0.298. The SMILES string of the molecule is CS/C(=C\c1ccc(C)cc1)SSC(C)(C)C. The molecular formula is C14H20S3. The number of hydrogen-bond acceptors (Lipinski definition) is 3. The first-order chi connectivity index (χ1) is 7.90. The average molecular weight is 285 g/mol. The highest BCUT2D eigenvalue weighted by Crippen LogP contribution is 2.44. The van der Waals surface area contributed by atoms with Gasteiger partial charge >= 0.3 is 0 Å². The molecule has 94 valence electrons. The molecule has 0 spiro atoms. The lowest BCUT2D eigenvalue weighted by molar-refractivity contribution is 0.810. The Hall–Kier alpha value is 0.01000. The Morgan fingerprint density at radius 1 is 1.12 bits per heavy atom. The monoisotopic (exact) mass is 284 g/mol. The van der Waals surface area contributed by atoms with Gasteiger partial charge in [-0.2, -0.15) is 0 Å². The van der Waals surface area contributed by atoms with Crippen LogP contribution in [0.5, 0.6) is 0 Å². The Balaban J connectivity index is 2.69. The van der Waals surface area contributed by atoms with Crippen LogP contribution in [0.15, 0.2) is 28.5 Å². The van der Waals surface area contributed by atoms with Crippen molar-refractivity contribution in [3.8, 4) is 0 Å². The zero-order chi connectivity index (χ0) is 12.9. The van der Waals surface area contributed by atoms with Gasteiger partial charge in [-0.1, -0.05) is 72.2 Å². The van der Waals surface area contributed by atoms with Crippen LogP contribution >= 0.6 is 33.3 Å². The Labute approximate surface area is 117 Å². The van der Waals surface area contributed by atoms with Crippen molar-refractivity contribution >= 4 is 39.4 Å². The van der Waals surface area contributed by atoms with Gasteiger partial charge in [0.1, 0.15) is 0 Å². The molecule has 1 aromatic rings. The minimum atomic E-state index is 0.298. The summed E-state index contributed by atoms with van der Waals surface area (Å²) in [6.45, 7) is 8.85. The van der Waals surface area contributed by atoms with E-state index in [9.17, 15) is 0 Å². The minimum Gasteiger partial charge on any atom is -0.122 e. The highest BCUT2D eigenvalue weighted by Gasteiger charge is 2.12. The van der Waals surface area contributed by atoms with Gasteiger partial charge in [-0.25, -0.2) is 0 Å². The van der Waals surface area contributed by atoms with Gasteiger partial charge in [0.15, 0.2) is 0 Å². The van der Waals surface area contributed by atoms with Crippen LogP contribution in [0.25, 0.3) is 6.08 Å². The van der Waals surface area contributed by atoms with Gasteiger partial charge in [-0.05, 0) is 24.8 Å². The fraction of sp³-hybridized carbons (Fsp3) is 0.429. The van der Waals surface area contributed by atoms with Crippen molar-refractivity contribution in [2.45, 2.75) is 32.4 Å². The molecule has 0 aromatic heterocycles. The molecule has 1 aromatic carbocycles. The number of aryl methyl sites for hydroxylation is 1. The van der Waals surface area contributed by atoms with Crippen LogP contribution < -0.4 is 0 Å². The van der Waals surface area contributed by atoms with Crippen LogP contribution in [0, 0.1) is 6.92 Å². The lowest BCUT2D eigenvalue weighted by Crippen LogP contribution is -2.04. The van der Waals surface area contributed by atoms with Crippen LogP contribution in [-0.4, -0.2) is 11.0 Å². The van der Waals surface area contributed by atoms with Gasteiger partial charge in [-0.15, -0.1) is 11.8 Å². The average Bonchev–Trinajstić information content (AvgIpc) is 2.25. The van der Waals surface area contributed by atoms with Crippen molar-refractivity contribution in [2.75, 3.05) is 6.26 Å². The molecule has 0 heterocycles. The van der Waals surface area contributed by atoms with Crippen LogP contribution in [0.4, 0.5) is 0 Å². The van der Waals surface area contributed by atoms with E-state index in [1.54, 1.807) is 0 Å². The van der Waals surface area contributed by atoms with Gasteiger partial charge in [0.25, 0.3) is 0 Å². The highest BCUT2D eigenvalue weighted by atomic mass is 33.1. The van der Waals surface area contributed by atoms with Gasteiger partial charge in [0.2, 0.25) is 0 Å². The fourth-order valence-electron chi connectivity index (χ4n) is 1.08. The summed E-state index contributed by atoms with van der Waals surface area (Å²) in [4.78, 5) is 0. The van der Waals surface area contributed by atoms with Crippen molar-refractivity contribution in [2.24, 2.45) is 0 Å². The number of rotatable bonds is 4. The summed E-state index contributed by atoms with van der Waals surface area (Å²) in [5.41, 5.74) is 2.59. The molecule has 0 aliphatic rings. The first-order valence-corrected chi connectivity index (χ1v) is 8.96. The molecule has 0 N–H and O–H groups in total. The third-order valence-electron chi connectivity index (χ3n) is 1.94. The summed E-state index contributed by atoms with van der Waals surface area (Å²) in [5.74, 6) is 0. The molecule has 17 heavy (non-hydrogen) atoms. The van der Waals surface area contributed by atoms with Crippen molar-refractivity contribution in [1.29, 1.82) is 0 Å². The maximum absolute atomic E-state index is 2.26. The van der Waals surface area contributed by atoms with E-state index in [1.807, 2.05) is 33.3 Å². The predicted octanol–water partition coefficient (Wildman–Crippen LogP) is 5.84. The van der Waals surface area contributed by atoms with E-state index < -0.39 is 0 Å². The standard InChI is InChI=1S/C14H20S3/c1-11-6-8-12(9-7-11)10-13(15-5)16-17-14(2,3)4/h6-10H,1-5H3/b13-10+. The lowest BCUT2D eigenvalue weighted by Gasteiger charge is -2.16. The summed E-state index contributed by atoms with van der Waals surface area (Å²) in [5, 5.41) is 0. The maximum Gasteiger partial charge on any atom is 0.0514 e. The molecule has 0 aliphatic heterocycles. The Morgan fingerprint density at radius 2 is 1.71 bits per heavy atom. The summed E-state index contributed by atoms with van der Waals surface area (Å²) in [6, 6.07) is 8.67. The van der Waals surface area contributed by atoms with Crippen LogP contribution in [-0.2, 0) is 0 Å². The quantitative estimate of drug-likeness (QED) is 0.638. The maximum atomic E-state index is 2.26. The molecule has 3 heteroatoms. The third-order valence-corrected chi connectivity index (χ3v) is 6.68. The smallest absolute Gasteiger partial charge is 0.0514 e. The molecule has 0 aliphatic carbocycles. The van der Waals surface area contributed by atoms with Crippen LogP contribution in [0.3, 0.4) is 0 Å². The topological polar surface area (TPSA) is 0 Å². The summed E-state index contributed by atoms with van der Waals surface area (Å²) < 4.78 is 1.65. The first-order valence-electron chi connectivity index (χ1n) is 5.59. The number of thioether (sulfide) groups is 1. The zero-order valence-corrected chi connectivity index (χ0v) is 13.6. The van der Waals surface area contributed by atoms with Crippen molar-refractivity contribution in [1.82, 2.24) is 0 Å². The molecule has 0 amide bonds.